The van der Waals surface area contributed by atoms with Crippen molar-refractivity contribution in [1.29, 1.82) is 0 Å². The Bertz CT molecular complexity index is 1230. The van der Waals surface area contributed by atoms with E-state index in [0.29, 0.717) is 25.1 Å². The maximum atomic E-state index is 13.3. The molecular weight excluding hydrogens is 465 g/mol. The lowest BCUT2D eigenvalue weighted by Gasteiger charge is -2.30. The number of piperidine rings is 1. The Kier molecular flexibility index (Phi) is 7.06. The van der Waals surface area contributed by atoms with Gasteiger partial charge in [0.2, 0.25) is 15.9 Å². The number of amides is 1. The lowest BCUT2D eigenvalue weighted by atomic mass is 9.97. The molecule has 1 fully saturated rings. The van der Waals surface area contributed by atoms with Crippen LogP contribution in [0.1, 0.15) is 34.7 Å². The van der Waals surface area contributed by atoms with E-state index in [2.05, 4.69) is 10.5 Å². The van der Waals surface area contributed by atoms with Crippen LogP contribution in [0.25, 0.3) is 12.2 Å². The van der Waals surface area contributed by atoms with Gasteiger partial charge in [-0.1, -0.05) is 23.4 Å². The van der Waals surface area contributed by atoms with E-state index in [4.69, 9.17) is 4.52 Å². The molecule has 0 bridgehead atoms. The standard InChI is InChI=1S/C23H24FN3O4S2/c1-16-22(21(31-26-16)9-8-20-3-2-14-32-20)33(29,30)27-12-10-18(11-13-27)23(28)25-15-17-4-6-19(24)7-5-17/h2-9,14,18H,10-13,15H2,1H3,(H,25,28)/b9-8+. The second-order valence-electron chi connectivity index (χ2n) is 7.83. The summed E-state index contributed by atoms with van der Waals surface area (Å²) in [7, 11) is -3.82. The van der Waals surface area contributed by atoms with Crippen LogP contribution in [0.5, 0.6) is 0 Å². The minimum absolute atomic E-state index is 0.0644. The highest BCUT2D eigenvalue weighted by Gasteiger charge is 2.35. The molecule has 7 nitrogen and oxygen atoms in total. The van der Waals surface area contributed by atoms with Gasteiger partial charge in [-0.15, -0.1) is 11.3 Å². The lowest BCUT2D eigenvalue weighted by Crippen LogP contribution is -2.43. The van der Waals surface area contributed by atoms with Crippen LogP contribution in [0.15, 0.2) is 51.2 Å². The highest BCUT2D eigenvalue weighted by atomic mass is 32.2. The number of carbonyl (C=O) groups is 1. The number of benzene rings is 1. The summed E-state index contributed by atoms with van der Waals surface area (Å²) in [6, 6.07) is 9.77. The third kappa shape index (κ3) is 5.40. The lowest BCUT2D eigenvalue weighted by molar-refractivity contribution is -0.126. The summed E-state index contributed by atoms with van der Waals surface area (Å²) in [4.78, 5) is 13.6. The van der Waals surface area contributed by atoms with Crippen LogP contribution < -0.4 is 5.32 Å². The highest BCUT2D eigenvalue weighted by Crippen LogP contribution is 2.29. The Balaban J connectivity index is 1.38. The highest BCUT2D eigenvalue weighted by molar-refractivity contribution is 7.89. The van der Waals surface area contributed by atoms with Crippen molar-refractivity contribution in [2.75, 3.05) is 13.1 Å². The number of aryl methyl sites for hydroxylation is 1. The van der Waals surface area contributed by atoms with Gasteiger partial charge in [0.15, 0.2) is 10.7 Å². The van der Waals surface area contributed by atoms with Gasteiger partial charge in [-0.2, -0.15) is 4.31 Å². The van der Waals surface area contributed by atoms with Crippen LogP contribution >= 0.6 is 11.3 Å². The molecule has 4 rings (SSSR count). The SMILES string of the molecule is Cc1noc(/C=C/c2cccs2)c1S(=O)(=O)N1CCC(C(=O)NCc2ccc(F)cc2)CC1. The Morgan fingerprint density at radius 2 is 1.97 bits per heavy atom. The summed E-state index contributed by atoms with van der Waals surface area (Å²) >= 11 is 1.53. The first-order chi connectivity index (χ1) is 15.8. The zero-order valence-electron chi connectivity index (χ0n) is 18.0. The summed E-state index contributed by atoms with van der Waals surface area (Å²) in [5.41, 5.74) is 1.11. The van der Waals surface area contributed by atoms with Gasteiger partial charge in [-0.05, 0) is 61.1 Å². The van der Waals surface area contributed by atoms with E-state index in [1.807, 2.05) is 17.5 Å². The number of rotatable bonds is 7. The van der Waals surface area contributed by atoms with Crippen LogP contribution in [0, 0.1) is 18.7 Å². The van der Waals surface area contributed by atoms with Gasteiger partial charge in [-0.3, -0.25) is 4.79 Å². The smallest absolute Gasteiger partial charge is 0.248 e. The Morgan fingerprint density at radius 1 is 1.24 bits per heavy atom. The van der Waals surface area contributed by atoms with E-state index in [1.54, 1.807) is 31.2 Å². The van der Waals surface area contributed by atoms with E-state index in [1.165, 1.54) is 27.8 Å². The third-order valence-corrected chi connectivity index (χ3v) is 8.47. The van der Waals surface area contributed by atoms with Crippen molar-refractivity contribution >= 4 is 39.4 Å². The summed E-state index contributed by atoms with van der Waals surface area (Å²) in [6.07, 6.45) is 4.24. The topological polar surface area (TPSA) is 92.5 Å². The molecule has 10 heteroatoms. The summed E-state index contributed by atoms with van der Waals surface area (Å²) in [6.45, 7) is 2.37. The minimum Gasteiger partial charge on any atom is -0.355 e. The molecule has 0 saturated carbocycles. The molecule has 1 saturated heterocycles. The maximum absolute atomic E-state index is 13.3. The fourth-order valence-electron chi connectivity index (χ4n) is 3.77. The first-order valence-electron chi connectivity index (χ1n) is 10.5. The monoisotopic (exact) mass is 489 g/mol. The fourth-order valence-corrected chi connectivity index (χ4v) is 6.10. The molecule has 1 aliphatic rings. The van der Waals surface area contributed by atoms with Gasteiger partial charge in [0.05, 0.1) is 0 Å². The molecule has 0 radical (unpaired) electrons. The molecular formula is C23H24FN3O4S2. The number of carbonyl (C=O) groups excluding carboxylic acids is 1. The molecule has 0 atom stereocenters. The van der Waals surface area contributed by atoms with Crippen molar-refractivity contribution < 1.29 is 22.1 Å². The van der Waals surface area contributed by atoms with Gasteiger partial charge in [0, 0.05) is 30.4 Å². The van der Waals surface area contributed by atoms with Gasteiger partial charge < -0.3 is 9.84 Å². The van der Waals surface area contributed by atoms with Gasteiger partial charge in [-0.25, -0.2) is 12.8 Å². The van der Waals surface area contributed by atoms with Gasteiger partial charge in [0.25, 0.3) is 0 Å². The van der Waals surface area contributed by atoms with Crippen molar-refractivity contribution in [3.8, 4) is 0 Å². The van der Waals surface area contributed by atoms with Crippen LogP contribution in [-0.4, -0.2) is 36.9 Å². The van der Waals surface area contributed by atoms with Gasteiger partial charge in [0.1, 0.15) is 11.5 Å². The van der Waals surface area contributed by atoms with Crippen molar-refractivity contribution in [1.82, 2.24) is 14.8 Å². The normalized spacial score (nSPS) is 15.8. The van der Waals surface area contributed by atoms with E-state index < -0.39 is 10.0 Å². The molecule has 0 unspecified atom stereocenters. The predicted molar refractivity (Wildman–Crippen MR) is 124 cm³/mol. The number of sulfonamides is 1. The van der Waals surface area contributed by atoms with Crippen molar-refractivity contribution in [3.05, 3.63) is 69.5 Å². The molecule has 0 spiro atoms. The zero-order valence-corrected chi connectivity index (χ0v) is 19.7. The Labute approximate surface area is 196 Å². The summed E-state index contributed by atoms with van der Waals surface area (Å²) < 4.78 is 46.3. The molecule has 174 valence electrons. The van der Waals surface area contributed by atoms with Crippen LogP contribution in [-0.2, 0) is 21.4 Å². The van der Waals surface area contributed by atoms with Gasteiger partial charge >= 0.3 is 0 Å². The first kappa shape index (κ1) is 23.3. The average molecular weight is 490 g/mol. The van der Waals surface area contributed by atoms with Crippen LogP contribution in [0.2, 0.25) is 0 Å². The molecule has 33 heavy (non-hydrogen) atoms. The van der Waals surface area contributed by atoms with Crippen LogP contribution in [0.4, 0.5) is 4.39 Å². The number of thiophene rings is 1. The molecule has 1 aromatic carbocycles. The molecule has 1 amide bonds. The molecule has 2 aromatic heterocycles. The largest absolute Gasteiger partial charge is 0.355 e. The summed E-state index contributed by atoms with van der Waals surface area (Å²) in [5.74, 6) is -0.539. The van der Waals surface area contributed by atoms with Crippen molar-refractivity contribution in [2.24, 2.45) is 5.92 Å². The third-order valence-electron chi connectivity index (χ3n) is 5.58. The number of nitrogens with zero attached hydrogens (tertiary/aromatic N) is 2. The van der Waals surface area contributed by atoms with E-state index in [-0.39, 0.29) is 41.4 Å². The molecule has 3 heterocycles. The Hall–Kier alpha value is -2.82. The predicted octanol–water partition coefficient (Wildman–Crippen LogP) is 4.07. The number of aromatic nitrogens is 1. The number of hydrogen-bond acceptors (Lipinski definition) is 6. The first-order valence-corrected chi connectivity index (χ1v) is 12.9. The molecule has 1 N–H and O–H groups in total. The van der Waals surface area contributed by atoms with E-state index >= 15 is 0 Å². The zero-order chi connectivity index (χ0) is 23.4. The van der Waals surface area contributed by atoms with E-state index in [9.17, 15) is 17.6 Å². The fraction of sp³-hybridized carbons (Fsp3) is 0.304. The van der Waals surface area contributed by atoms with E-state index in [0.717, 1.165) is 10.4 Å². The second kappa shape index (κ2) is 9.98. The molecule has 0 aliphatic carbocycles. The minimum atomic E-state index is -3.82. The maximum Gasteiger partial charge on any atom is 0.248 e. The number of nitrogens with one attached hydrogen (secondary N) is 1. The van der Waals surface area contributed by atoms with Crippen molar-refractivity contribution in [2.45, 2.75) is 31.2 Å². The number of hydrogen-bond donors (Lipinski definition) is 1. The summed E-state index contributed by atoms with van der Waals surface area (Å²) in [5, 5.41) is 8.65. The molecule has 3 aromatic rings. The number of halogens is 1. The quantitative estimate of drug-likeness (QED) is 0.540. The average Bonchev–Trinajstić information content (AvgIpc) is 3.47. The second-order valence-corrected chi connectivity index (χ2v) is 10.7. The molecule has 1 aliphatic heterocycles. The van der Waals surface area contributed by atoms with Crippen LogP contribution in [0.3, 0.4) is 0 Å². The van der Waals surface area contributed by atoms with Crippen molar-refractivity contribution in [3.63, 3.8) is 0 Å². The Morgan fingerprint density at radius 3 is 2.64 bits per heavy atom.